The maximum absolute atomic E-state index is 13.3. The minimum absolute atomic E-state index is 0.369. The van der Waals surface area contributed by atoms with Gasteiger partial charge in [-0.15, -0.1) is 11.3 Å². The van der Waals surface area contributed by atoms with Crippen molar-refractivity contribution in [3.63, 3.8) is 0 Å². The van der Waals surface area contributed by atoms with E-state index in [4.69, 9.17) is 5.73 Å². The van der Waals surface area contributed by atoms with Crippen LogP contribution in [0.5, 0.6) is 0 Å². The lowest BCUT2D eigenvalue weighted by Gasteiger charge is -2.20. The van der Waals surface area contributed by atoms with Crippen molar-refractivity contribution in [2.24, 2.45) is 9.98 Å². The molecule has 0 radical (unpaired) electrons. The number of aliphatic imine (C=N–C) groups is 2. The van der Waals surface area contributed by atoms with Crippen LogP contribution in [0.25, 0.3) is 0 Å². The second-order valence-corrected chi connectivity index (χ2v) is 8.58. The molecular formula is C23H26FN7OS. The fourth-order valence-corrected chi connectivity index (χ4v) is 4.38. The minimum Gasteiger partial charge on any atom is -0.398 e. The summed E-state index contributed by atoms with van der Waals surface area (Å²) < 4.78 is 13.3. The molecule has 2 N–H and O–H groups in total. The number of thiazole rings is 1. The van der Waals surface area contributed by atoms with Gasteiger partial charge in [0, 0.05) is 58.8 Å². The molecule has 0 saturated carbocycles. The lowest BCUT2D eigenvalue weighted by molar-refractivity contribution is 0.112. The summed E-state index contributed by atoms with van der Waals surface area (Å²) in [5.41, 5.74) is 8.67. The monoisotopic (exact) mass is 467 g/mol. The minimum atomic E-state index is -0.804. The number of rotatable bonds is 9. The summed E-state index contributed by atoms with van der Waals surface area (Å²) in [6.07, 6.45) is 5.96. The number of nitrogens with zero attached hydrogens (tertiary/aromatic N) is 6. The maximum Gasteiger partial charge on any atom is 0.161 e. The normalized spacial score (nSPS) is 16.6. The molecular weight excluding hydrogens is 441 g/mol. The third kappa shape index (κ3) is 6.02. The smallest absolute Gasteiger partial charge is 0.161 e. The SMILES string of the molecule is CN=CC(=N/C=C/N1CCC(F)C1)c1nc(CCN(C)c2cccc(N)c2C#N)c(C=O)s1. The van der Waals surface area contributed by atoms with Gasteiger partial charge in [-0.3, -0.25) is 14.8 Å². The molecule has 0 aliphatic carbocycles. The Balaban J connectivity index is 1.76. The lowest BCUT2D eigenvalue weighted by atomic mass is 10.1. The number of likely N-dealkylation sites (N-methyl/N-ethyl adjacent to an activating group) is 1. The highest BCUT2D eigenvalue weighted by molar-refractivity contribution is 7.16. The fourth-order valence-electron chi connectivity index (χ4n) is 3.49. The van der Waals surface area contributed by atoms with E-state index in [-0.39, 0.29) is 0 Å². The number of nitrogen functional groups attached to an aromatic ring is 1. The number of aromatic nitrogens is 1. The molecule has 1 unspecified atom stereocenters. The molecule has 1 aliphatic heterocycles. The lowest BCUT2D eigenvalue weighted by Crippen LogP contribution is -2.22. The average molecular weight is 468 g/mol. The van der Waals surface area contributed by atoms with Crippen LogP contribution >= 0.6 is 11.3 Å². The number of carbonyl (C=O) groups is 1. The number of hydrogen-bond acceptors (Lipinski definition) is 9. The van der Waals surface area contributed by atoms with Crippen LogP contribution in [0.1, 0.15) is 32.4 Å². The first-order valence-electron chi connectivity index (χ1n) is 10.5. The predicted octanol–water partition coefficient (Wildman–Crippen LogP) is 3.09. The zero-order chi connectivity index (χ0) is 23.8. The zero-order valence-corrected chi connectivity index (χ0v) is 19.4. The summed E-state index contributed by atoms with van der Waals surface area (Å²) in [7, 11) is 3.50. The molecule has 33 heavy (non-hydrogen) atoms. The standard InChI is InChI=1S/C23H26FN7OS/c1-27-13-20(28-8-11-31-10-6-16(24)14-31)23-29-19(22(15-32)33-23)7-9-30(2)21-5-3-4-18(26)17(21)12-25/h3-5,8,11,13,15-16H,6-7,9-10,14,26H2,1-2H3/b11-8+,27-13?,28-20?. The predicted molar refractivity (Wildman–Crippen MR) is 131 cm³/mol. The topological polar surface area (TPSA) is 111 Å². The fraction of sp³-hybridized carbons (Fsp3) is 0.348. The molecule has 0 spiro atoms. The van der Waals surface area contributed by atoms with Crippen LogP contribution in [0.2, 0.25) is 0 Å². The van der Waals surface area contributed by atoms with Gasteiger partial charge in [0.05, 0.1) is 27.5 Å². The molecule has 0 bridgehead atoms. The van der Waals surface area contributed by atoms with Gasteiger partial charge in [-0.1, -0.05) is 6.07 Å². The Morgan fingerprint density at radius 3 is 3.00 bits per heavy atom. The number of nitrogens with two attached hydrogens (primary N) is 1. The zero-order valence-electron chi connectivity index (χ0n) is 18.6. The number of alkyl halides is 1. The Labute approximate surface area is 196 Å². The molecule has 1 fully saturated rings. The Morgan fingerprint density at radius 2 is 2.33 bits per heavy atom. The molecule has 8 nitrogen and oxygen atoms in total. The molecule has 2 aromatic rings. The van der Waals surface area contributed by atoms with E-state index in [1.165, 1.54) is 11.3 Å². The van der Waals surface area contributed by atoms with E-state index < -0.39 is 6.17 Å². The Morgan fingerprint density at radius 1 is 1.52 bits per heavy atom. The van der Waals surface area contributed by atoms with Crippen LogP contribution < -0.4 is 10.6 Å². The van der Waals surface area contributed by atoms with E-state index in [2.05, 4.69) is 21.0 Å². The molecule has 10 heteroatoms. The number of anilines is 2. The van der Waals surface area contributed by atoms with E-state index >= 15 is 0 Å². The third-order valence-corrected chi connectivity index (χ3v) is 6.29. The van der Waals surface area contributed by atoms with Crippen LogP contribution in [0.4, 0.5) is 15.8 Å². The highest BCUT2D eigenvalue weighted by atomic mass is 32.1. The second-order valence-electron chi connectivity index (χ2n) is 7.55. The third-order valence-electron chi connectivity index (χ3n) is 5.24. The Bertz CT molecular complexity index is 1120. The molecule has 2 heterocycles. The first-order valence-corrected chi connectivity index (χ1v) is 11.3. The largest absolute Gasteiger partial charge is 0.398 e. The molecule has 1 saturated heterocycles. The van der Waals surface area contributed by atoms with Gasteiger partial charge in [-0.05, 0) is 18.6 Å². The highest BCUT2D eigenvalue weighted by Crippen LogP contribution is 2.25. The number of hydrogen-bond donors (Lipinski definition) is 1. The van der Waals surface area contributed by atoms with E-state index in [9.17, 15) is 14.4 Å². The van der Waals surface area contributed by atoms with E-state index in [0.29, 0.717) is 65.0 Å². The van der Waals surface area contributed by atoms with E-state index in [0.717, 1.165) is 12.0 Å². The summed E-state index contributed by atoms with van der Waals surface area (Å²) in [5, 5.41) is 10.00. The summed E-state index contributed by atoms with van der Waals surface area (Å²) in [5.74, 6) is 0. The van der Waals surface area contributed by atoms with Gasteiger partial charge in [0.2, 0.25) is 0 Å². The quantitative estimate of drug-likeness (QED) is 0.345. The highest BCUT2D eigenvalue weighted by Gasteiger charge is 2.19. The van der Waals surface area contributed by atoms with Gasteiger partial charge >= 0.3 is 0 Å². The summed E-state index contributed by atoms with van der Waals surface area (Å²) in [4.78, 5) is 29.1. The van der Waals surface area contributed by atoms with Gasteiger partial charge in [-0.2, -0.15) is 5.26 Å². The number of nitriles is 1. The number of carbonyl (C=O) groups excluding carboxylic acids is 1. The van der Waals surface area contributed by atoms with Gasteiger partial charge in [-0.25, -0.2) is 9.37 Å². The number of aldehydes is 1. The molecule has 1 atom stereocenters. The Hall–Kier alpha value is -3.58. The number of halogens is 1. The Kier molecular flexibility index (Phi) is 8.27. The first-order chi connectivity index (χ1) is 16.0. The van der Waals surface area contributed by atoms with Crippen molar-refractivity contribution in [1.82, 2.24) is 9.88 Å². The molecule has 1 aromatic carbocycles. The number of likely N-dealkylation sites (tertiary alicyclic amines) is 1. The second kappa shape index (κ2) is 11.3. The maximum atomic E-state index is 13.3. The van der Waals surface area contributed by atoms with Crippen molar-refractivity contribution in [2.75, 3.05) is 44.4 Å². The molecule has 1 aromatic heterocycles. The van der Waals surface area contributed by atoms with E-state index in [1.54, 1.807) is 37.8 Å². The van der Waals surface area contributed by atoms with Crippen molar-refractivity contribution in [2.45, 2.75) is 19.0 Å². The van der Waals surface area contributed by atoms with Gasteiger partial charge in [0.15, 0.2) is 6.29 Å². The van der Waals surface area contributed by atoms with Crippen molar-refractivity contribution >= 4 is 40.9 Å². The van der Waals surface area contributed by atoms with Gasteiger partial charge in [0.1, 0.15) is 23.0 Å². The summed E-state index contributed by atoms with van der Waals surface area (Å²) in [6, 6.07) is 7.47. The van der Waals surface area contributed by atoms with Crippen molar-refractivity contribution in [3.05, 3.63) is 51.7 Å². The summed E-state index contributed by atoms with van der Waals surface area (Å²) >= 11 is 1.25. The van der Waals surface area contributed by atoms with Crippen LogP contribution in [0, 0.1) is 11.3 Å². The molecule has 0 amide bonds. The molecule has 1 aliphatic rings. The number of benzene rings is 1. The molecule has 172 valence electrons. The van der Waals surface area contributed by atoms with Crippen LogP contribution in [-0.2, 0) is 6.42 Å². The van der Waals surface area contributed by atoms with Gasteiger partial charge < -0.3 is 15.5 Å². The van der Waals surface area contributed by atoms with Crippen molar-refractivity contribution in [3.8, 4) is 6.07 Å². The summed E-state index contributed by atoms with van der Waals surface area (Å²) in [6.45, 7) is 1.57. The van der Waals surface area contributed by atoms with Crippen molar-refractivity contribution in [1.29, 1.82) is 5.26 Å². The van der Waals surface area contributed by atoms with Crippen LogP contribution in [-0.4, -0.2) is 68.0 Å². The van der Waals surface area contributed by atoms with Crippen LogP contribution in [0.15, 0.2) is 40.6 Å². The van der Waals surface area contributed by atoms with Gasteiger partial charge in [0.25, 0.3) is 0 Å². The van der Waals surface area contributed by atoms with E-state index in [1.807, 2.05) is 22.9 Å². The van der Waals surface area contributed by atoms with Crippen molar-refractivity contribution < 1.29 is 9.18 Å². The molecule has 3 rings (SSSR count). The van der Waals surface area contributed by atoms with Crippen LogP contribution in [0.3, 0.4) is 0 Å². The average Bonchev–Trinajstić information content (AvgIpc) is 3.42. The first kappa shape index (κ1) is 24.1.